The van der Waals surface area contributed by atoms with Crippen LogP contribution in [0.25, 0.3) is 16.9 Å². The van der Waals surface area contributed by atoms with E-state index in [0.29, 0.717) is 28.1 Å². The summed E-state index contributed by atoms with van der Waals surface area (Å²) in [5, 5.41) is 7.75. The van der Waals surface area contributed by atoms with Gasteiger partial charge in [0, 0.05) is 44.5 Å². The number of halogens is 4. The Labute approximate surface area is 238 Å². The van der Waals surface area contributed by atoms with E-state index in [9.17, 15) is 26.4 Å². The van der Waals surface area contributed by atoms with E-state index in [2.05, 4.69) is 15.2 Å². The van der Waals surface area contributed by atoms with E-state index in [0.717, 1.165) is 6.07 Å². The van der Waals surface area contributed by atoms with Gasteiger partial charge in [0.1, 0.15) is 15.7 Å². The van der Waals surface area contributed by atoms with Crippen LogP contribution in [0.4, 0.5) is 13.2 Å². The molecule has 3 aromatic heterocycles. The summed E-state index contributed by atoms with van der Waals surface area (Å²) in [6.07, 6.45) is -3.38. The van der Waals surface area contributed by atoms with Crippen LogP contribution in [0.1, 0.15) is 28.8 Å². The first-order valence-corrected chi connectivity index (χ1v) is 14.3. The molecule has 4 heterocycles. The number of nitrogens with zero attached hydrogens (tertiary/aromatic N) is 7. The van der Waals surface area contributed by atoms with Gasteiger partial charge in [0.05, 0.1) is 18.5 Å². The van der Waals surface area contributed by atoms with Crippen LogP contribution in [-0.2, 0) is 22.7 Å². The summed E-state index contributed by atoms with van der Waals surface area (Å²) < 4.78 is 77.1. The highest BCUT2D eigenvalue weighted by Gasteiger charge is 2.38. The Kier molecular flexibility index (Phi) is 7.46. The maximum absolute atomic E-state index is 14.1. The molecule has 5 rings (SSSR count). The summed E-state index contributed by atoms with van der Waals surface area (Å²) in [5.41, 5.74) is -1.25. The lowest BCUT2D eigenvalue weighted by atomic mass is 10.1. The van der Waals surface area contributed by atoms with Crippen LogP contribution in [-0.4, -0.2) is 81.2 Å². The number of rotatable bonds is 6. The molecule has 0 aliphatic carbocycles. The highest BCUT2D eigenvalue weighted by molar-refractivity contribution is 7.89. The number of benzene rings is 1. The number of carbonyl (C=O) groups excluding carboxylic acids is 1. The molecule has 0 spiro atoms. The Morgan fingerprint density at radius 2 is 1.83 bits per heavy atom. The molecule has 0 atom stereocenters. The van der Waals surface area contributed by atoms with E-state index < -0.39 is 33.5 Å². The lowest BCUT2D eigenvalue weighted by Crippen LogP contribution is -2.50. The van der Waals surface area contributed by atoms with Crippen molar-refractivity contribution in [3.05, 3.63) is 58.6 Å². The number of aromatic nitrogens is 5. The first kappa shape index (κ1) is 28.8. The second kappa shape index (κ2) is 10.6. The molecule has 0 bridgehead atoms. The summed E-state index contributed by atoms with van der Waals surface area (Å²) in [6.45, 7) is 3.86. The van der Waals surface area contributed by atoms with E-state index in [1.54, 1.807) is 25.1 Å². The van der Waals surface area contributed by atoms with Crippen molar-refractivity contribution >= 4 is 33.2 Å². The molecule has 11 nitrogen and oxygen atoms in total. The molecule has 0 unspecified atom stereocenters. The zero-order valence-corrected chi connectivity index (χ0v) is 23.8. The molecule has 1 aliphatic rings. The Balaban J connectivity index is 1.44. The number of methoxy groups -OCH3 is 1. The Morgan fingerprint density at radius 1 is 1.12 bits per heavy atom. The van der Waals surface area contributed by atoms with Gasteiger partial charge in [-0.1, -0.05) is 23.7 Å². The van der Waals surface area contributed by atoms with Gasteiger partial charge in [0.15, 0.2) is 17.0 Å². The van der Waals surface area contributed by atoms with Crippen molar-refractivity contribution in [3.63, 3.8) is 0 Å². The average Bonchev–Trinajstić information content (AvgIpc) is 3.51. The van der Waals surface area contributed by atoms with E-state index in [4.69, 9.17) is 16.3 Å². The fourth-order valence-corrected chi connectivity index (χ4v) is 6.43. The Morgan fingerprint density at radius 3 is 2.44 bits per heavy atom. The zero-order chi connectivity index (χ0) is 29.7. The van der Waals surface area contributed by atoms with Gasteiger partial charge < -0.3 is 9.64 Å². The summed E-state index contributed by atoms with van der Waals surface area (Å²) >= 11 is 6.43. The van der Waals surface area contributed by atoms with E-state index in [1.165, 1.54) is 33.3 Å². The smallest absolute Gasteiger partial charge is 0.433 e. The monoisotopic (exact) mass is 611 g/mol. The van der Waals surface area contributed by atoms with Crippen molar-refractivity contribution in [3.8, 4) is 17.0 Å². The molecule has 41 heavy (non-hydrogen) atoms. The van der Waals surface area contributed by atoms with Crippen LogP contribution in [0.15, 0.2) is 41.4 Å². The number of piperazine rings is 1. The van der Waals surface area contributed by atoms with Crippen LogP contribution in [0.5, 0.6) is 5.75 Å². The van der Waals surface area contributed by atoms with Gasteiger partial charge in [0.2, 0.25) is 10.0 Å². The lowest BCUT2D eigenvalue weighted by molar-refractivity contribution is -0.142. The maximum Gasteiger partial charge on any atom is 0.433 e. The highest BCUT2D eigenvalue weighted by atomic mass is 35.5. The molecule has 218 valence electrons. The fourth-order valence-electron chi connectivity index (χ4n) is 4.60. The number of amides is 1. The SMILES string of the molecule is CCn1cc(S(=O)(=O)N2CCN(C(=O)c3nn4c(C(F)(F)F)cc(-c5cccc(OC)c5)nc4c3Cl)CC2)c(C)n1. The van der Waals surface area contributed by atoms with Crippen LogP contribution in [0.2, 0.25) is 5.02 Å². The standard InChI is InChI=1S/C25H25ClF3N7O4S/c1-4-34-14-19(15(2)31-34)41(38,39)35-10-8-33(9-11-35)24(37)22-21(26)23-30-18(16-6-5-7-17(12-16)40-3)13-20(25(27,28)29)36(23)32-22/h5-7,12-14H,4,8-11H2,1-3H3. The third-order valence-electron chi connectivity index (χ3n) is 6.76. The number of alkyl halides is 3. The van der Waals surface area contributed by atoms with Crippen LogP contribution in [0.3, 0.4) is 0 Å². The van der Waals surface area contributed by atoms with Gasteiger partial charge in [-0.2, -0.15) is 27.7 Å². The molecule has 1 aliphatic heterocycles. The van der Waals surface area contributed by atoms with Gasteiger partial charge in [0.25, 0.3) is 5.91 Å². The Bertz CT molecular complexity index is 1750. The quantitative estimate of drug-likeness (QED) is 0.326. The second-order valence-corrected chi connectivity index (χ2v) is 11.6. The predicted octanol–water partition coefficient (Wildman–Crippen LogP) is 3.75. The van der Waals surface area contributed by atoms with E-state index in [1.807, 2.05) is 6.92 Å². The van der Waals surface area contributed by atoms with Crippen molar-refractivity contribution in [2.45, 2.75) is 31.5 Å². The van der Waals surface area contributed by atoms with Gasteiger partial charge >= 0.3 is 6.18 Å². The largest absolute Gasteiger partial charge is 0.497 e. The first-order chi connectivity index (χ1) is 19.3. The first-order valence-electron chi connectivity index (χ1n) is 12.5. The minimum Gasteiger partial charge on any atom is -0.497 e. The molecule has 0 radical (unpaired) electrons. The third-order valence-corrected chi connectivity index (χ3v) is 9.11. The molecule has 1 aromatic carbocycles. The molecule has 0 saturated carbocycles. The average molecular weight is 612 g/mol. The van der Waals surface area contributed by atoms with E-state index >= 15 is 0 Å². The molecular weight excluding hydrogens is 587 g/mol. The van der Waals surface area contributed by atoms with Crippen LogP contribution < -0.4 is 4.74 Å². The van der Waals surface area contributed by atoms with Crippen LogP contribution >= 0.6 is 11.6 Å². The number of ether oxygens (including phenoxy) is 1. The Hall–Kier alpha value is -3.69. The highest BCUT2D eigenvalue weighted by Crippen LogP contribution is 2.35. The number of hydrogen-bond donors (Lipinski definition) is 0. The summed E-state index contributed by atoms with van der Waals surface area (Å²) in [4.78, 5) is 19.0. The molecule has 4 aromatic rings. The summed E-state index contributed by atoms with van der Waals surface area (Å²) in [7, 11) is -2.43. The molecular formula is C25H25ClF3N7O4S. The van der Waals surface area contributed by atoms with Crippen LogP contribution in [0, 0.1) is 6.92 Å². The number of sulfonamides is 1. The van der Waals surface area contributed by atoms with Gasteiger partial charge in [-0.05, 0) is 32.0 Å². The summed E-state index contributed by atoms with van der Waals surface area (Å²) in [6, 6.07) is 7.17. The number of aryl methyl sites for hydroxylation is 2. The fraction of sp³-hybridized carbons (Fsp3) is 0.360. The molecule has 1 fully saturated rings. The zero-order valence-electron chi connectivity index (χ0n) is 22.2. The van der Waals surface area contributed by atoms with Gasteiger partial charge in [-0.25, -0.2) is 17.9 Å². The minimum atomic E-state index is -4.84. The second-order valence-electron chi connectivity index (χ2n) is 9.29. The molecule has 16 heteroatoms. The molecule has 1 saturated heterocycles. The topological polar surface area (TPSA) is 115 Å². The van der Waals surface area contributed by atoms with Crippen molar-refractivity contribution in [1.29, 1.82) is 0 Å². The number of fused-ring (bicyclic) bond motifs is 1. The minimum absolute atomic E-state index is 0.0160. The van der Waals surface area contributed by atoms with Gasteiger partial charge in [-0.3, -0.25) is 9.48 Å². The predicted molar refractivity (Wildman–Crippen MR) is 142 cm³/mol. The number of carbonyl (C=O) groups is 1. The maximum atomic E-state index is 14.1. The van der Waals surface area contributed by atoms with Crippen molar-refractivity contribution < 1.29 is 31.1 Å². The van der Waals surface area contributed by atoms with Crippen molar-refractivity contribution in [2.75, 3.05) is 33.3 Å². The molecule has 1 amide bonds. The lowest BCUT2D eigenvalue weighted by Gasteiger charge is -2.33. The number of hydrogen-bond acceptors (Lipinski definition) is 7. The summed E-state index contributed by atoms with van der Waals surface area (Å²) in [5.74, 6) is -0.313. The van der Waals surface area contributed by atoms with Crippen molar-refractivity contribution in [2.24, 2.45) is 0 Å². The molecule has 0 N–H and O–H groups in total. The third kappa shape index (κ3) is 5.24. The van der Waals surface area contributed by atoms with E-state index in [-0.39, 0.29) is 47.4 Å². The normalized spacial score (nSPS) is 15.0. The van der Waals surface area contributed by atoms with Crippen molar-refractivity contribution in [1.82, 2.24) is 33.6 Å². The van der Waals surface area contributed by atoms with Gasteiger partial charge in [-0.15, -0.1) is 0 Å².